The highest BCUT2D eigenvalue weighted by Crippen LogP contribution is 2.34. The highest BCUT2D eigenvalue weighted by Gasteiger charge is 2.28. The van der Waals surface area contributed by atoms with E-state index in [1.165, 1.54) is 13.5 Å². The zero-order chi connectivity index (χ0) is 16.1. The molecule has 1 atom stereocenters. The Balaban J connectivity index is 2.34. The van der Waals surface area contributed by atoms with Crippen LogP contribution < -0.4 is 4.90 Å². The standard InChI is InChI=1S/C15H21Cl2N3O2/c1-3-7-10(14(21)22-2)11-12(16)18-15(19-13(11)17)20-8-5-4-6-9-20/h10H,3-9H2,1-2H3. The van der Waals surface area contributed by atoms with Gasteiger partial charge in [-0.05, 0) is 25.7 Å². The van der Waals surface area contributed by atoms with Crippen LogP contribution in [0.3, 0.4) is 0 Å². The number of ether oxygens (including phenoxy) is 1. The summed E-state index contributed by atoms with van der Waals surface area (Å²) in [6, 6.07) is 0. The summed E-state index contributed by atoms with van der Waals surface area (Å²) in [7, 11) is 1.36. The van der Waals surface area contributed by atoms with Gasteiger partial charge in [-0.2, -0.15) is 0 Å². The second-order valence-corrected chi connectivity index (χ2v) is 6.15. The topological polar surface area (TPSA) is 55.3 Å². The van der Waals surface area contributed by atoms with E-state index < -0.39 is 5.92 Å². The van der Waals surface area contributed by atoms with Crippen molar-refractivity contribution in [3.63, 3.8) is 0 Å². The molecule has 1 saturated heterocycles. The SMILES string of the molecule is CCCC(C(=O)OC)c1c(Cl)nc(N2CCCCC2)nc1Cl. The predicted octanol–water partition coefficient (Wildman–Crippen LogP) is 3.83. The van der Waals surface area contributed by atoms with Gasteiger partial charge in [0.1, 0.15) is 10.3 Å². The normalized spacial score (nSPS) is 16.5. The van der Waals surface area contributed by atoms with Gasteiger partial charge < -0.3 is 9.64 Å². The van der Waals surface area contributed by atoms with Crippen LogP contribution in [0.1, 0.15) is 50.5 Å². The first kappa shape index (κ1) is 17.3. The number of anilines is 1. The molecule has 0 spiro atoms. The Morgan fingerprint density at radius 1 is 1.23 bits per heavy atom. The van der Waals surface area contributed by atoms with Gasteiger partial charge in [0, 0.05) is 18.7 Å². The third-order valence-corrected chi connectivity index (χ3v) is 4.47. The van der Waals surface area contributed by atoms with Gasteiger partial charge in [0.2, 0.25) is 5.95 Å². The minimum atomic E-state index is -0.523. The van der Waals surface area contributed by atoms with Crippen LogP contribution in [0.5, 0.6) is 0 Å². The van der Waals surface area contributed by atoms with E-state index in [0.29, 0.717) is 17.9 Å². The molecule has 22 heavy (non-hydrogen) atoms. The number of hydrogen-bond acceptors (Lipinski definition) is 5. The molecule has 1 fully saturated rings. The molecular formula is C15H21Cl2N3O2. The number of halogens is 2. The third kappa shape index (κ3) is 3.82. The van der Waals surface area contributed by atoms with Gasteiger partial charge in [0.05, 0.1) is 13.0 Å². The van der Waals surface area contributed by atoms with Gasteiger partial charge in [-0.15, -0.1) is 0 Å². The van der Waals surface area contributed by atoms with E-state index in [2.05, 4.69) is 14.9 Å². The average Bonchev–Trinajstić information content (AvgIpc) is 2.53. The lowest BCUT2D eigenvalue weighted by atomic mass is 9.97. The van der Waals surface area contributed by atoms with Crippen LogP contribution in [0, 0.1) is 0 Å². The summed E-state index contributed by atoms with van der Waals surface area (Å²) in [5, 5.41) is 0.480. The summed E-state index contributed by atoms with van der Waals surface area (Å²) >= 11 is 12.6. The zero-order valence-corrected chi connectivity index (χ0v) is 14.5. The Kier molecular flexibility index (Phi) is 6.26. The minimum absolute atomic E-state index is 0.240. The number of esters is 1. The lowest BCUT2D eigenvalue weighted by Crippen LogP contribution is -2.31. The van der Waals surface area contributed by atoms with Crippen molar-refractivity contribution >= 4 is 35.1 Å². The van der Waals surface area contributed by atoms with Crippen molar-refractivity contribution in [2.45, 2.75) is 44.9 Å². The van der Waals surface area contributed by atoms with Crippen LogP contribution in [0.4, 0.5) is 5.95 Å². The van der Waals surface area contributed by atoms with Crippen molar-refractivity contribution in [2.75, 3.05) is 25.1 Å². The highest BCUT2D eigenvalue weighted by molar-refractivity contribution is 6.35. The van der Waals surface area contributed by atoms with Gasteiger partial charge in [-0.25, -0.2) is 9.97 Å². The molecule has 2 rings (SSSR count). The monoisotopic (exact) mass is 345 g/mol. The maximum absolute atomic E-state index is 12.0. The minimum Gasteiger partial charge on any atom is -0.469 e. The molecule has 0 aliphatic carbocycles. The number of aromatic nitrogens is 2. The van der Waals surface area contributed by atoms with E-state index in [1.807, 2.05) is 6.92 Å². The lowest BCUT2D eigenvalue weighted by Gasteiger charge is -2.27. The van der Waals surface area contributed by atoms with Crippen molar-refractivity contribution < 1.29 is 9.53 Å². The van der Waals surface area contributed by atoms with Gasteiger partial charge in [0.25, 0.3) is 0 Å². The van der Waals surface area contributed by atoms with Crippen LogP contribution >= 0.6 is 23.2 Å². The zero-order valence-electron chi connectivity index (χ0n) is 12.9. The maximum atomic E-state index is 12.0. The van der Waals surface area contributed by atoms with Gasteiger partial charge in [-0.3, -0.25) is 4.79 Å². The molecular weight excluding hydrogens is 325 g/mol. The fourth-order valence-corrected chi connectivity index (χ4v) is 3.38. The third-order valence-electron chi connectivity index (χ3n) is 3.89. The fraction of sp³-hybridized carbons (Fsp3) is 0.667. The van der Waals surface area contributed by atoms with Crippen molar-refractivity contribution in [3.05, 3.63) is 15.9 Å². The van der Waals surface area contributed by atoms with Crippen LogP contribution in [0.2, 0.25) is 10.3 Å². The second kappa shape index (κ2) is 7.97. The van der Waals surface area contributed by atoms with Crippen LogP contribution in [-0.2, 0) is 9.53 Å². The lowest BCUT2D eigenvalue weighted by molar-refractivity contribution is -0.142. The first-order chi connectivity index (χ1) is 10.6. The molecule has 1 aromatic heterocycles. The smallest absolute Gasteiger partial charge is 0.313 e. The first-order valence-electron chi connectivity index (χ1n) is 7.64. The van der Waals surface area contributed by atoms with E-state index in [9.17, 15) is 4.79 Å². The summed E-state index contributed by atoms with van der Waals surface area (Å²) < 4.78 is 4.85. The summed E-state index contributed by atoms with van der Waals surface area (Å²) in [6.07, 6.45) is 4.84. The Hall–Kier alpha value is -1.07. The predicted molar refractivity (Wildman–Crippen MR) is 87.8 cm³/mol. The molecule has 0 radical (unpaired) electrons. The van der Waals surface area contributed by atoms with E-state index in [4.69, 9.17) is 27.9 Å². The summed E-state index contributed by atoms with van der Waals surface area (Å²) in [5.74, 6) is -0.344. The first-order valence-corrected chi connectivity index (χ1v) is 8.39. The number of carbonyl (C=O) groups is 1. The molecule has 1 aliphatic heterocycles. The number of rotatable bonds is 5. The Bertz CT molecular complexity index is 511. The molecule has 0 N–H and O–H groups in total. The molecule has 1 aliphatic rings. The van der Waals surface area contributed by atoms with Crippen LogP contribution in [0.15, 0.2) is 0 Å². The fourth-order valence-electron chi connectivity index (χ4n) is 2.74. The molecule has 5 nitrogen and oxygen atoms in total. The molecule has 0 saturated carbocycles. The molecule has 1 aromatic rings. The van der Waals surface area contributed by atoms with E-state index in [0.717, 1.165) is 32.4 Å². The number of carbonyl (C=O) groups excluding carboxylic acids is 1. The van der Waals surface area contributed by atoms with Crippen molar-refractivity contribution in [1.29, 1.82) is 0 Å². The second-order valence-electron chi connectivity index (χ2n) is 5.43. The number of piperidine rings is 1. The summed E-state index contributed by atoms with van der Waals surface area (Å²) in [4.78, 5) is 22.8. The van der Waals surface area contributed by atoms with Crippen molar-refractivity contribution in [2.24, 2.45) is 0 Å². The average molecular weight is 346 g/mol. The molecule has 0 aromatic carbocycles. The molecule has 122 valence electrons. The number of nitrogens with zero attached hydrogens (tertiary/aromatic N) is 3. The Labute approximate surface area is 141 Å². The van der Waals surface area contributed by atoms with E-state index in [1.54, 1.807) is 0 Å². The van der Waals surface area contributed by atoms with E-state index in [-0.39, 0.29) is 16.3 Å². The largest absolute Gasteiger partial charge is 0.469 e. The van der Waals surface area contributed by atoms with Gasteiger partial charge >= 0.3 is 5.97 Å². The molecule has 1 unspecified atom stereocenters. The number of hydrogen-bond donors (Lipinski definition) is 0. The van der Waals surface area contributed by atoms with Gasteiger partial charge in [-0.1, -0.05) is 36.5 Å². The van der Waals surface area contributed by atoms with Crippen LogP contribution in [0.25, 0.3) is 0 Å². The maximum Gasteiger partial charge on any atom is 0.313 e. The van der Waals surface area contributed by atoms with Crippen molar-refractivity contribution in [1.82, 2.24) is 9.97 Å². The van der Waals surface area contributed by atoms with Gasteiger partial charge in [0.15, 0.2) is 0 Å². The highest BCUT2D eigenvalue weighted by atomic mass is 35.5. The number of methoxy groups -OCH3 is 1. The molecule has 7 heteroatoms. The molecule has 0 bridgehead atoms. The Morgan fingerprint density at radius 3 is 2.32 bits per heavy atom. The quantitative estimate of drug-likeness (QED) is 0.599. The van der Waals surface area contributed by atoms with Crippen LogP contribution in [-0.4, -0.2) is 36.1 Å². The van der Waals surface area contributed by atoms with Crippen molar-refractivity contribution in [3.8, 4) is 0 Å². The van der Waals surface area contributed by atoms with E-state index >= 15 is 0 Å². The summed E-state index contributed by atoms with van der Waals surface area (Å²) in [5.41, 5.74) is 0.470. The summed E-state index contributed by atoms with van der Waals surface area (Å²) in [6.45, 7) is 3.80. The molecule has 0 amide bonds. The molecule has 2 heterocycles. The Morgan fingerprint density at radius 2 is 1.82 bits per heavy atom.